The topological polar surface area (TPSA) is 18.5 Å². The molecule has 0 aliphatic carbocycles. The van der Waals surface area contributed by atoms with Gasteiger partial charge in [-0.25, -0.2) is 0 Å². The van der Waals surface area contributed by atoms with E-state index < -0.39 is 0 Å². The van der Waals surface area contributed by atoms with Crippen molar-refractivity contribution in [2.24, 2.45) is 5.92 Å². The minimum atomic E-state index is -0.157. The number of allylic oxidation sites excluding steroid dienone is 4. The molecule has 0 bridgehead atoms. The van der Waals surface area contributed by atoms with Gasteiger partial charge in [-0.2, -0.15) is 0 Å². The molecule has 1 aromatic carbocycles. The molecule has 2 heteroatoms. The van der Waals surface area contributed by atoms with Crippen molar-refractivity contribution in [3.8, 4) is 5.75 Å². The van der Waals surface area contributed by atoms with Gasteiger partial charge in [-0.05, 0) is 79.2 Å². The number of para-hydroxylation sites is 1. The van der Waals surface area contributed by atoms with E-state index >= 15 is 0 Å². The highest BCUT2D eigenvalue weighted by atomic mass is 16.5. The van der Waals surface area contributed by atoms with Crippen LogP contribution >= 0.6 is 0 Å². The zero-order valence-electron chi connectivity index (χ0n) is 17.8. The maximum absolute atomic E-state index is 6.60. The van der Waals surface area contributed by atoms with Crippen LogP contribution in [0.4, 0.5) is 0 Å². The van der Waals surface area contributed by atoms with Crippen LogP contribution in [-0.4, -0.2) is 11.7 Å². The Hall–Kier alpha value is -1.54. The molecule has 3 rings (SSSR count). The summed E-state index contributed by atoms with van der Waals surface area (Å²) in [5.41, 5.74) is 3.97. The lowest BCUT2D eigenvalue weighted by Crippen LogP contribution is -2.50. The summed E-state index contributed by atoms with van der Waals surface area (Å²) in [6.07, 6.45) is 11.9. The smallest absolute Gasteiger partial charge is 0.125 e. The lowest BCUT2D eigenvalue weighted by atomic mass is 9.72. The van der Waals surface area contributed by atoms with Gasteiger partial charge in [-0.3, -0.25) is 0 Å². The predicted octanol–water partition coefficient (Wildman–Crippen LogP) is 7.17. The number of ether oxygens (including phenoxy) is 2. The zero-order valence-corrected chi connectivity index (χ0v) is 17.8. The SMILES string of the molecule is CC(C)=CCCC(C)=CCC[C@]1(C)Oc2ccccc2[C@@H]2O[C@H](C)CC[C@H]21. The summed E-state index contributed by atoms with van der Waals surface area (Å²) >= 11 is 0. The van der Waals surface area contributed by atoms with Crippen LogP contribution in [0.2, 0.25) is 0 Å². The summed E-state index contributed by atoms with van der Waals surface area (Å²) < 4.78 is 13.0. The quantitative estimate of drug-likeness (QED) is 0.496. The Balaban J connectivity index is 1.70. The lowest BCUT2D eigenvalue weighted by Gasteiger charge is -2.50. The fraction of sp³-hybridized carbons (Fsp3) is 0.600. The first-order valence-corrected chi connectivity index (χ1v) is 10.6. The molecule has 0 amide bonds. The molecular weight excluding hydrogens is 332 g/mol. The molecule has 2 nitrogen and oxygen atoms in total. The van der Waals surface area contributed by atoms with E-state index in [0.29, 0.717) is 12.0 Å². The van der Waals surface area contributed by atoms with Crippen LogP contribution in [0.1, 0.15) is 84.8 Å². The molecule has 0 aromatic heterocycles. The minimum Gasteiger partial charge on any atom is -0.487 e. The van der Waals surface area contributed by atoms with E-state index in [1.807, 2.05) is 0 Å². The molecule has 1 aromatic rings. The number of hydrogen-bond acceptors (Lipinski definition) is 2. The largest absolute Gasteiger partial charge is 0.487 e. The number of hydrogen-bond donors (Lipinski definition) is 0. The van der Waals surface area contributed by atoms with E-state index in [-0.39, 0.29) is 11.7 Å². The van der Waals surface area contributed by atoms with Crippen molar-refractivity contribution in [1.82, 2.24) is 0 Å². The molecule has 4 atom stereocenters. The summed E-state index contributed by atoms with van der Waals surface area (Å²) in [6, 6.07) is 8.45. The molecule has 0 unspecified atom stereocenters. The second-order valence-electron chi connectivity index (χ2n) is 8.91. The van der Waals surface area contributed by atoms with Gasteiger partial charge in [0.05, 0.1) is 12.2 Å². The van der Waals surface area contributed by atoms with Gasteiger partial charge in [0.25, 0.3) is 0 Å². The second kappa shape index (κ2) is 8.65. The average molecular weight is 369 g/mol. The Morgan fingerprint density at radius 3 is 2.67 bits per heavy atom. The molecule has 148 valence electrons. The van der Waals surface area contributed by atoms with Crippen LogP contribution in [0.5, 0.6) is 5.75 Å². The van der Waals surface area contributed by atoms with Crippen LogP contribution in [0, 0.1) is 5.92 Å². The Morgan fingerprint density at radius 1 is 1.11 bits per heavy atom. The van der Waals surface area contributed by atoms with Gasteiger partial charge in [0, 0.05) is 11.5 Å². The van der Waals surface area contributed by atoms with E-state index in [4.69, 9.17) is 9.47 Å². The fourth-order valence-corrected chi connectivity index (χ4v) is 4.56. The molecule has 0 radical (unpaired) electrons. The third-order valence-corrected chi connectivity index (χ3v) is 6.21. The third-order valence-electron chi connectivity index (χ3n) is 6.21. The summed E-state index contributed by atoms with van der Waals surface area (Å²) in [4.78, 5) is 0. The van der Waals surface area contributed by atoms with Crippen molar-refractivity contribution in [1.29, 1.82) is 0 Å². The van der Waals surface area contributed by atoms with Gasteiger partial charge >= 0.3 is 0 Å². The molecule has 2 heterocycles. The standard InChI is InChI=1S/C25H36O2/c1-18(2)10-8-11-19(3)12-9-17-25(5)22-16-15-20(4)26-24(22)21-13-6-7-14-23(21)27-25/h6-7,10,12-14,20,22,24H,8-9,11,15-17H2,1-5H3/t20-,22-,24+,25+/m1/s1. The van der Waals surface area contributed by atoms with Crippen molar-refractivity contribution in [2.45, 2.75) is 91.0 Å². The maximum Gasteiger partial charge on any atom is 0.125 e. The molecule has 2 aliphatic heterocycles. The molecule has 0 saturated carbocycles. The van der Waals surface area contributed by atoms with Crippen molar-refractivity contribution >= 4 is 0 Å². The lowest BCUT2D eigenvalue weighted by molar-refractivity contribution is -0.152. The molecule has 0 N–H and O–H groups in total. The Kier molecular flexibility index (Phi) is 6.47. The number of fused-ring (bicyclic) bond motifs is 3. The van der Waals surface area contributed by atoms with Gasteiger partial charge < -0.3 is 9.47 Å². The molecular formula is C25H36O2. The molecule has 27 heavy (non-hydrogen) atoms. The first-order valence-electron chi connectivity index (χ1n) is 10.6. The first-order chi connectivity index (χ1) is 12.9. The Labute approximate surface area is 165 Å². The van der Waals surface area contributed by atoms with Crippen LogP contribution in [0.25, 0.3) is 0 Å². The van der Waals surface area contributed by atoms with Crippen LogP contribution in [0.15, 0.2) is 47.6 Å². The van der Waals surface area contributed by atoms with Gasteiger partial charge in [0.15, 0.2) is 0 Å². The van der Waals surface area contributed by atoms with E-state index in [1.54, 1.807) is 0 Å². The third kappa shape index (κ3) is 4.85. The molecule has 0 spiro atoms. The fourth-order valence-electron chi connectivity index (χ4n) is 4.56. The summed E-state index contributed by atoms with van der Waals surface area (Å²) in [6.45, 7) is 11.1. The Morgan fingerprint density at radius 2 is 1.89 bits per heavy atom. The normalized spacial score (nSPS) is 30.1. The Bertz CT molecular complexity index is 698. The number of rotatable bonds is 6. The molecule has 1 saturated heterocycles. The second-order valence-corrected chi connectivity index (χ2v) is 8.91. The van der Waals surface area contributed by atoms with Crippen molar-refractivity contribution in [2.75, 3.05) is 0 Å². The van der Waals surface area contributed by atoms with Gasteiger partial charge in [0.2, 0.25) is 0 Å². The summed E-state index contributed by atoms with van der Waals surface area (Å²) in [5.74, 6) is 1.45. The zero-order chi connectivity index (χ0) is 19.4. The van der Waals surface area contributed by atoms with E-state index in [1.165, 1.54) is 23.1 Å². The van der Waals surface area contributed by atoms with Crippen molar-refractivity contribution in [3.05, 3.63) is 53.1 Å². The predicted molar refractivity (Wildman–Crippen MR) is 113 cm³/mol. The first kappa shape index (κ1) is 20.2. The highest BCUT2D eigenvalue weighted by Gasteiger charge is 2.48. The molecule has 2 aliphatic rings. The highest BCUT2D eigenvalue weighted by Crippen LogP contribution is 2.51. The summed E-state index contributed by atoms with van der Waals surface area (Å²) in [5, 5.41) is 0. The van der Waals surface area contributed by atoms with Crippen molar-refractivity contribution < 1.29 is 9.47 Å². The van der Waals surface area contributed by atoms with Crippen LogP contribution < -0.4 is 4.74 Å². The summed E-state index contributed by atoms with van der Waals surface area (Å²) in [7, 11) is 0. The van der Waals surface area contributed by atoms with Crippen LogP contribution in [0.3, 0.4) is 0 Å². The maximum atomic E-state index is 6.60. The molecule has 1 fully saturated rings. The number of benzene rings is 1. The average Bonchev–Trinajstić information content (AvgIpc) is 2.61. The van der Waals surface area contributed by atoms with E-state index in [0.717, 1.165) is 37.9 Å². The van der Waals surface area contributed by atoms with Gasteiger partial charge in [-0.15, -0.1) is 0 Å². The van der Waals surface area contributed by atoms with E-state index in [2.05, 4.69) is 71.0 Å². The van der Waals surface area contributed by atoms with Crippen LogP contribution in [-0.2, 0) is 4.74 Å². The highest BCUT2D eigenvalue weighted by molar-refractivity contribution is 5.39. The van der Waals surface area contributed by atoms with E-state index in [9.17, 15) is 0 Å². The van der Waals surface area contributed by atoms with Gasteiger partial charge in [-0.1, -0.05) is 41.5 Å². The van der Waals surface area contributed by atoms with Gasteiger partial charge in [0.1, 0.15) is 11.4 Å². The monoisotopic (exact) mass is 368 g/mol. The van der Waals surface area contributed by atoms with Crippen molar-refractivity contribution in [3.63, 3.8) is 0 Å². The minimum absolute atomic E-state index is 0.157.